The third-order valence-electron chi connectivity index (χ3n) is 6.03. The van der Waals surface area contributed by atoms with Crippen molar-refractivity contribution in [3.05, 3.63) is 85.9 Å². The fraction of sp³-hybridized carbons (Fsp3) is 0.292. The number of hydrogen-bond acceptors (Lipinski definition) is 3. The number of rotatable bonds is 1. The van der Waals surface area contributed by atoms with Gasteiger partial charge in [0.25, 0.3) is 11.1 Å². The van der Waals surface area contributed by atoms with Crippen LogP contribution in [0.3, 0.4) is 0 Å². The molecule has 3 aromatic rings. The van der Waals surface area contributed by atoms with E-state index in [2.05, 4.69) is 0 Å². The van der Waals surface area contributed by atoms with Gasteiger partial charge in [-0.25, -0.2) is 9.36 Å². The zero-order valence-corrected chi connectivity index (χ0v) is 16.7. The highest BCUT2D eigenvalue weighted by Gasteiger charge is 2.44. The first-order valence-electron chi connectivity index (χ1n) is 9.88. The monoisotopic (exact) mass is 386 g/mol. The third kappa shape index (κ3) is 2.50. The third-order valence-corrected chi connectivity index (χ3v) is 6.03. The van der Waals surface area contributed by atoms with Gasteiger partial charge < -0.3 is 0 Å². The Morgan fingerprint density at radius 1 is 0.897 bits per heavy atom. The van der Waals surface area contributed by atoms with Crippen molar-refractivity contribution in [1.82, 2.24) is 9.36 Å². The SMILES string of the molecule is Cc1cccc(C2C3=C(CC(C)(C)CC3=O)n3c(=O)c4ccccc4c(=O)n32)c1. The Bertz CT molecular complexity index is 1350. The molecule has 1 aromatic heterocycles. The minimum absolute atomic E-state index is 0.0156. The van der Waals surface area contributed by atoms with Crippen LogP contribution >= 0.6 is 0 Å². The van der Waals surface area contributed by atoms with E-state index in [1.165, 1.54) is 9.36 Å². The maximum atomic E-state index is 13.5. The minimum Gasteiger partial charge on any atom is -0.294 e. The van der Waals surface area contributed by atoms with Crippen molar-refractivity contribution < 1.29 is 4.79 Å². The molecule has 29 heavy (non-hydrogen) atoms. The van der Waals surface area contributed by atoms with Crippen LogP contribution in [0.25, 0.3) is 16.5 Å². The topological polar surface area (TPSA) is 61.1 Å². The summed E-state index contributed by atoms with van der Waals surface area (Å²) in [6, 6.07) is 14.1. The molecule has 0 amide bonds. The summed E-state index contributed by atoms with van der Waals surface area (Å²) < 4.78 is 2.98. The van der Waals surface area contributed by atoms with Gasteiger partial charge in [0, 0.05) is 12.0 Å². The lowest BCUT2D eigenvalue weighted by atomic mass is 9.74. The molecule has 0 N–H and O–H groups in total. The van der Waals surface area contributed by atoms with Crippen LogP contribution < -0.4 is 11.1 Å². The number of allylic oxidation sites excluding steroid dienone is 2. The van der Waals surface area contributed by atoms with E-state index in [1.807, 2.05) is 45.0 Å². The number of fused-ring (bicyclic) bond motifs is 3. The number of ketones is 1. The maximum absolute atomic E-state index is 13.5. The molecule has 2 aliphatic rings. The average molecular weight is 386 g/mol. The van der Waals surface area contributed by atoms with Gasteiger partial charge in [-0.2, -0.15) is 0 Å². The van der Waals surface area contributed by atoms with Crippen LogP contribution in [0.2, 0.25) is 0 Å². The number of aromatic nitrogens is 2. The smallest absolute Gasteiger partial charge is 0.277 e. The summed E-state index contributed by atoms with van der Waals surface area (Å²) in [5, 5.41) is 0.777. The molecule has 146 valence electrons. The molecule has 1 atom stereocenters. The highest BCUT2D eigenvalue weighted by Crippen LogP contribution is 2.46. The molecule has 0 saturated heterocycles. The van der Waals surface area contributed by atoms with Crippen molar-refractivity contribution in [1.29, 1.82) is 0 Å². The fourth-order valence-corrected chi connectivity index (χ4v) is 4.84. The molecule has 5 nitrogen and oxygen atoms in total. The van der Waals surface area contributed by atoms with E-state index < -0.39 is 6.04 Å². The van der Waals surface area contributed by atoms with Crippen LogP contribution in [-0.4, -0.2) is 15.1 Å². The molecule has 0 fully saturated rings. The summed E-state index contributed by atoms with van der Waals surface area (Å²) in [7, 11) is 0. The maximum Gasteiger partial charge on any atom is 0.277 e. The summed E-state index contributed by atoms with van der Waals surface area (Å²) in [5.74, 6) is 0.0156. The standard InChI is InChI=1S/C24H22N2O3/c1-14-7-6-8-15(11-14)21-20-18(12-24(2,3)13-19(20)27)25-22(28)16-9-4-5-10-17(16)23(29)26(21)25/h4-11,21H,12-13H2,1-3H3. The number of carbonyl (C=O) groups excluding carboxylic acids is 1. The van der Waals surface area contributed by atoms with Crippen LogP contribution in [0, 0.1) is 12.3 Å². The Labute approximate surface area is 167 Å². The first-order chi connectivity index (χ1) is 13.8. The molecule has 0 saturated carbocycles. The summed E-state index contributed by atoms with van der Waals surface area (Å²) in [6.07, 6.45) is 0.985. The average Bonchev–Trinajstić information content (AvgIpc) is 3.00. The molecular formula is C24H22N2O3. The Morgan fingerprint density at radius 3 is 2.28 bits per heavy atom. The van der Waals surface area contributed by atoms with Crippen LogP contribution in [0.4, 0.5) is 0 Å². The molecule has 5 heteroatoms. The van der Waals surface area contributed by atoms with E-state index in [1.54, 1.807) is 24.3 Å². The second-order valence-corrected chi connectivity index (χ2v) is 8.93. The van der Waals surface area contributed by atoms with Crippen LogP contribution in [-0.2, 0) is 4.79 Å². The lowest BCUT2D eigenvalue weighted by Crippen LogP contribution is -2.37. The van der Waals surface area contributed by atoms with Gasteiger partial charge in [0.2, 0.25) is 0 Å². The fourth-order valence-electron chi connectivity index (χ4n) is 4.84. The number of hydrogen-bond donors (Lipinski definition) is 0. The first-order valence-corrected chi connectivity index (χ1v) is 9.88. The zero-order valence-electron chi connectivity index (χ0n) is 16.7. The van der Waals surface area contributed by atoms with Gasteiger partial charge in [-0.05, 0) is 36.5 Å². The molecular weight excluding hydrogens is 364 g/mol. The summed E-state index contributed by atoms with van der Waals surface area (Å²) in [5.41, 5.74) is 2.41. The molecule has 5 rings (SSSR count). The number of aryl methyl sites for hydroxylation is 1. The lowest BCUT2D eigenvalue weighted by Gasteiger charge is -2.30. The van der Waals surface area contributed by atoms with Crippen LogP contribution in [0.1, 0.15) is 43.9 Å². The van der Waals surface area contributed by atoms with E-state index in [0.29, 0.717) is 34.9 Å². The Morgan fingerprint density at radius 2 is 1.59 bits per heavy atom. The quantitative estimate of drug-likeness (QED) is 0.641. The Hall–Kier alpha value is -3.21. The van der Waals surface area contributed by atoms with Gasteiger partial charge in [0.1, 0.15) is 6.04 Å². The predicted molar refractivity (Wildman–Crippen MR) is 113 cm³/mol. The molecule has 0 spiro atoms. The van der Waals surface area contributed by atoms with Crippen molar-refractivity contribution in [2.45, 2.75) is 39.7 Å². The van der Waals surface area contributed by atoms with Crippen LogP contribution in [0.15, 0.2) is 63.7 Å². The van der Waals surface area contributed by atoms with E-state index >= 15 is 0 Å². The van der Waals surface area contributed by atoms with Gasteiger partial charge in [-0.1, -0.05) is 55.8 Å². The van der Waals surface area contributed by atoms with Crippen LogP contribution in [0.5, 0.6) is 0 Å². The molecule has 1 aliphatic heterocycles. The number of benzene rings is 2. The highest BCUT2D eigenvalue weighted by molar-refractivity contribution is 6.04. The minimum atomic E-state index is -0.571. The molecule has 0 bridgehead atoms. The normalized spacial score (nSPS) is 20.1. The summed E-state index contributed by atoms with van der Waals surface area (Å²) >= 11 is 0. The van der Waals surface area contributed by atoms with E-state index in [0.717, 1.165) is 11.1 Å². The van der Waals surface area contributed by atoms with E-state index in [-0.39, 0.29) is 22.3 Å². The number of nitrogens with zero attached hydrogens (tertiary/aromatic N) is 2. The van der Waals surface area contributed by atoms with Gasteiger partial charge >= 0.3 is 0 Å². The van der Waals surface area contributed by atoms with Crippen molar-refractivity contribution in [3.8, 4) is 0 Å². The van der Waals surface area contributed by atoms with Crippen molar-refractivity contribution in [2.75, 3.05) is 0 Å². The highest BCUT2D eigenvalue weighted by atomic mass is 16.2. The number of Topliss-reactive ketones (excluding diaryl/α,β-unsaturated/α-hetero) is 1. The summed E-state index contributed by atoms with van der Waals surface area (Å²) in [6.45, 7) is 6.04. The molecule has 2 aromatic carbocycles. The first kappa shape index (κ1) is 17.9. The summed E-state index contributed by atoms with van der Waals surface area (Å²) in [4.78, 5) is 40.2. The van der Waals surface area contributed by atoms with Gasteiger partial charge in [-0.15, -0.1) is 0 Å². The van der Waals surface area contributed by atoms with Crippen molar-refractivity contribution in [2.24, 2.45) is 5.41 Å². The Kier molecular flexibility index (Phi) is 3.63. The zero-order chi connectivity index (χ0) is 20.5. The second kappa shape index (κ2) is 5.89. The molecule has 1 aliphatic carbocycles. The number of carbonyl (C=O) groups is 1. The molecule has 2 heterocycles. The predicted octanol–water partition coefficient (Wildman–Crippen LogP) is 3.67. The molecule has 0 radical (unpaired) electrons. The lowest BCUT2D eigenvalue weighted by molar-refractivity contribution is -0.118. The van der Waals surface area contributed by atoms with Gasteiger partial charge in [0.15, 0.2) is 5.78 Å². The van der Waals surface area contributed by atoms with Gasteiger partial charge in [-0.3, -0.25) is 14.4 Å². The largest absolute Gasteiger partial charge is 0.294 e. The van der Waals surface area contributed by atoms with E-state index in [9.17, 15) is 14.4 Å². The van der Waals surface area contributed by atoms with Gasteiger partial charge in [0.05, 0.1) is 16.5 Å². The van der Waals surface area contributed by atoms with Crippen molar-refractivity contribution >= 4 is 22.3 Å². The Balaban J connectivity index is 1.94. The van der Waals surface area contributed by atoms with Crippen molar-refractivity contribution in [3.63, 3.8) is 0 Å². The molecule has 1 unspecified atom stereocenters. The second-order valence-electron chi connectivity index (χ2n) is 8.93. The van der Waals surface area contributed by atoms with E-state index in [4.69, 9.17) is 0 Å².